The molecule has 0 fully saturated rings. The Hall–Kier alpha value is -1.67. The van der Waals surface area contributed by atoms with E-state index < -0.39 is 0 Å². The summed E-state index contributed by atoms with van der Waals surface area (Å²) in [6.07, 6.45) is 0.862. The van der Waals surface area contributed by atoms with Gasteiger partial charge in [-0.3, -0.25) is 9.69 Å². The minimum absolute atomic E-state index is 0. The summed E-state index contributed by atoms with van der Waals surface area (Å²) in [7, 11) is 5.71. The lowest BCUT2D eigenvalue weighted by atomic mass is 10.2. The van der Waals surface area contributed by atoms with Gasteiger partial charge in [-0.2, -0.15) is 0 Å². The van der Waals surface area contributed by atoms with Crippen LogP contribution in [0.4, 0.5) is 5.13 Å². The monoisotopic (exact) mass is 497 g/mol. The number of thiazole rings is 1. The number of anilines is 1. The van der Waals surface area contributed by atoms with Crippen LogP contribution in [0.15, 0.2) is 40.9 Å². The number of carbonyl (C=O) groups excluding carboxylic acids is 1. The number of fused-ring (bicyclic) bond motifs is 1. The minimum atomic E-state index is -0.0399. The van der Waals surface area contributed by atoms with Crippen molar-refractivity contribution in [1.29, 1.82) is 0 Å². The topological polar surface area (TPSA) is 45.7 Å². The van der Waals surface area contributed by atoms with Gasteiger partial charge in [0.15, 0.2) is 5.13 Å². The van der Waals surface area contributed by atoms with Crippen LogP contribution in [-0.2, 0) is 0 Å². The Bertz CT molecular complexity index is 976. The minimum Gasteiger partial charge on any atom is -0.494 e. The lowest BCUT2D eigenvalue weighted by Gasteiger charge is -2.21. The van der Waals surface area contributed by atoms with Crippen molar-refractivity contribution in [1.82, 2.24) is 9.88 Å². The summed E-state index contributed by atoms with van der Waals surface area (Å²) in [4.78, 5) is 22.0. The molecule has 156 valence electrons. The van der Waals surface area contributed by atoms with E-state index in [1.54, 1.807) is 12.0 Å². The number of nitrogens with zero attached hydrogens (tertiary/aromatic N) is 3. The molecule has 0 aliphatic rings. The largest absolute Gasteiger partial charge is 0.494 e. The highest BCUT2D eigenvalue weighted by atomic mass is 79.9. The third kappa shape index (κ3) is 5.48. The third-order valence-corrected chi connectivity index (χ3v) is 6.21. The van der Waals surface area contributed by atoms with Gasteiger partial charge in [-0.25, -0.2) is 4.98 Å². The molecule has 0 atom stereocenters. The highest BCUT2D eigenvalue weighted by Crippen LogP contribution is 2.37. The molecule has 3 rings (SSSR count). The second-order valence-electron chi connectivity index (χ2n) is 6.88. The Morgan fingerprint density at radius 3 is 2.45 bits per heavy atom. The molecule has 1 heterocycles. The summed E-state index contributed by atoms with van der Waals surface area (Å²) >= 11 is 4.96. The molecule has 0 aliphatic carbocycles. The van der Waals surface area contributed by atoms with Crippen LogP contribution in [0, 0.1) is 6.92 Å². The van der Waals surface area contributed by atoms with Crippen LogP contribution in [0.25, 0.3) is 10.2 Å². The molecular formula is C21H25BrClN3O2S. The maximum absolute atomic E-state index is 13.3. The first kappa shape index (κ1) is 23.6. The number of methoxy groups -OCH3 is 1. The maximum Gasteiger partial charge on any atom is 0.260 e. The summed E-state index contributed by atoms with van der Waals surface area (Å²) in [5, 5.41) is 0.703. The molecule has 0 radical (unpaired) electrons. The summed E-state index contributed by atoms with van der Waals surface area (Å²) in [5.41, 5.74) is 2.59. The van der Waals surface area contributed by atoms with Crippen LogP contribution in [0.1, 0.15) is 22.3 Å². The van der Waals surface area contributed by atoms with Gasteiger partial charge in [-0.05, 0) is 69.9 Å². The Morgan fingerprint density at radius 1 is 1.14 bits per heavy atom. The zero-order valence-corrected chi connectivity index (χ0v) is 20.2. The number of rotatable bonds is 7. The van der Waals surface area contributed by atoms with Crippen LogP contribution >= 0.6 is 39.7 Å². The van der Waals surface area contributed by atoms with Crippen molar-refractivity contribution in [3.8, 4) is 5.75 Å². The van der Waals surface area contributed by atoms with Crippen molar-refractivity contribution in [2.75, 3.05) is 39.2 Å². The van der Waals surface area contributed by atoms with Gasteiger partial charge in [0.05, 0.1) is 11.8 Å². The first-order chi connectivity index (χ1) is 13.4. The average Bonchev–Trinajstić information content (AvgIpc) is 3.11. The molecule has 0 saturated heterocycles. The molecule has 29 heavy (non-hydrogen) atoms. The smallest absolute Gasteiger partial charge is 0.260 e. The van der Waals surface area contributed by atoms with E-state index in [9.17, 15) is 4.79 Å². The predicted octanol–water partition coefficient (Wildman–Crippen LogP) is 5.40. The van der Waals surface area contributed by atoms with Gasteiger partial charge in [-0.15, -0.1) is 12.4 Å². The molecular weight excluding hydrogens is 474 g/mol. The van der Waals surface area contributed by atoms with E-state index in [4.69, 9.17) is 9.72 Å². The van der Waals surface area contributed by atoms with E-state index in [0.29, 0.717) is 17.2 Å². The van der Waals surface area contributed by atoms with E-state index in [2.05, 4.69) is 27.8 Å². The lowest BCUT2D eigenvalue weighted by molar-refractivity contribution is 0.0986. The van der Waals surface area contributed by atoms with Gasteiger partial charge in [0.2, 0.25) is 0 Å². The van der Waals surface area contributed by atoms with Crippen LogP contribution in [0.5, 0.6) is 5.75 Å². The van der Waals surface area contributed by atoms with E-state index in [-0.39, 0.29) is 18.3 Å². The molecule has 0 unspecified atom stereocenters. The third-order valence-electron chi connectivity index (χ3n) is 4.47. The molecule has 0 saturated carbocycles. The number of hydrogen-bond acceptors (Lipinski definition) is 5. The fourth-order valence-electron chi connectivity index (χ4n) is 2.96. The molecule has 2 aromatic carbocycles. The van der Waals surface area contributed by atoms with E-state index in [0.717, 1.165) is 39.0 Å². The molecule has 0 spiro atoms. The second-order valence-corrected chi connectivity index (χ2v) is 8.77. The van der Waals surface area contributed by atoms with Gasteiger partial charge in [0, 0.05) is 16.6 Å². The molecule has 1 amide bonds. The second kappa shape index (κ2) is 10.4. The standard InChI is InChI=1S/C21H24BrN3O2S.ClH/c1-14-6-11-17(27-4)18-19(14)28-21(23-18)25(13-5-12-24(2)3)20(26)15-7-9-16(22)10-8-15;/h6-11H,5,12-13H2,1-4H3;1H. The van der Waals surface area contributed by atoms with Crippen LogP contribution < -0.4 is 9.64 Å². The molecule has 1 aromatic heterocycles. The Balaban J connectivity index is 0.00000300. The number of halogens is 2. The first-order valence-corrected chi connectivity index (χ1v) is 10.7. The van der Waals surface area contributed by atoms with Crippen molar-refractivity contribution >= 4 is 60.9 Å². The first-order valence-electron chi connectivity index (χ1n) is 9.07. The predicted molar refractivity (Wildman–Crippen MR) is 127 cm³/mol. The number of aryl methyl sites for hydroxylation is 1. The van der Waals surface area contributed by atoms with Gasteiger partial charge < -0.3 is 9.64 Å². The number of amides is 1. The zero-order chi connectivity index (χ0) is 20.3. The maximum atomic E-state index is 13.3. The van der Waals surface area contributed by atoms with Gasteiger partial charge in [0.25, 0.3) is 5.91 Å². The van der Waals surface area contributed by atoms with Crippen molar-refractivity contribution < 1.29 is 9.53 Å². The van der Waals surface area contributed by atoms with Crippen molar-refractivity contribution in [2.45, 2.75) is 13.3 Å². The van der Waals surface area contributed by atoms with Gasteiger partial charge in [-0.1, -0.05) is 33.3 Å². The fourth-order valence-corrected chi connectivity index (χ4v) is 4.30. The molecule has 0 aliphatic heterocycles. The highest BCUT2D eigenvalue weighted by Gasteiger charge is 2.22. The summed E-state index contributed by atoms with van der Waals surface area (Å²) in [6, 6.07) is 11.4. The van der Waals surface area contributed by atoms with Crippen molar-refractivity contribution in [2.24, 2.45) is 0 Å². The van der Waals surface area contributed by atoms with Crippen LogP contribution in [0.3, 0.4) is 0 Å². The summed E-state index contributed by atoms with van der Waals surface area (Å²) in [5.74, 6) is 0.689. The number of aromatic nitrogens is 1. The Morgan fingerprint density at radius 2 is 1.83 bits per heavy atom. The van der Waals surface area contributed by atoms with Crippen molar-refractivity contribution in [3.05, 3.63) is 52.0 Å². The highest BCUT2D eigenvalue weighted by molar-refractivity contribution is 9.10. The molecule has 0 N–H and O–H groups in total. The van der Waals surface area contributed by atoms with Gasteiger partial charge >= 0.3 is 0 Å². The number of carbonyl (C=O) groups is 1. The van der Waals surface area contributed by atoms with E-state index >= 15 is 0 Å². The summed E-state index contributed by atoms with van der Waals surface area (Å²) in [6.45, 7) is 3.56. The quantitative estimate of drug-likeness (QED) is 0.438. The Kier molecular flexibility index (Phi) is 8.46. The SMILES string of the molecule is COc1ccc(C)c2sc(N(CCCN(C)C)C(=O)c3ccc(Br)cc3)nc12.Cl. The fraction of sp³-hybridized carbons (Fsp3) is 0.333. The molecule has 3 aromatic rings. The average molecular weight is 499 g/mol. The number of benzene rings is 2. The zero-order valence-electron chi connectivity index (χ0n) is 16.9. The van der Waals surface area contributed by atoms with E-state index in [1.807, 2.05) is 50.5 Å². The number of ether oxygens (including phenoxy) is 1. The summed E-state index contributed by atoms with van der Waals surface area (Å²) < 4.78 is 7.47. The van der Waals surface area contributed by atoms with Crippen LogP contribution in [0.2, 0.25) is 0 Å². The number of hydrogen-bond donors (Lipinski definition) is 0. The van der Waals surface area contributed by atoms with Gasteiger partial charge in [0.1, 0.15) is 11.3 Å². The lowest BCUT2D eigenvalue weighted by Crippen LogP contribution is -2.33. The van der Waals surface area contributed by atoms with Crippen molar-refractivity contribution in [3.63, 3.8) is 0 Å². The van der Waals surface area contributed by atoms with E-state index in [1.165, 1.54) is 11.3 Å². The molecule has 5 nitrogen and oxygen atoms in total. The molecule has 8 heteroatoms. The van der Waals surface area contributed by atoms with Crippen LogP contribution in [-0.4, -0.2) is 50.1 Å². The normalized spacial score (nSPS) is 10.8. The molecule has 0 bridgehead atoms. The Labute approximate surface area is 190 Å².